The smallest absolute Gasteiger partial charge is 0.124 e. The van der Waals surface area contributed by atoms with Crippen molar-refractivity contribution >= 4 is 31.9 Å². The molecule has 0 spiro atoms. The molecule has 1 aliphatic heterocycles. The molecule has 1 nitrogen and oxygen atoms in total. The van der Waals surface area contributed by atoms with Crippen molar-refractivity contribution in [2.24, 2.45) is 5.92 Å². The van der Waals surface area contributed by atoms with E-state index in [-0.39, 0.29) is 5.82 Å². The Labute approximate surface area is 119 Å². The molecular weight excluding hydrogens is 349 g/mol. The summed E-state index contributed by atoms with van der Waals surface area (Å²) in [6.45, 7) is 3.13. The Bertz CT molecular complexity index is 363. The predicted octanol–water partition coefficient (Wildman–Crippen LogP) is 4.20. The van der Waals surface area contributed by atoms with Gasteiger partial charge in [-0.05, 0) is 49.1 Å². The third-order valence-electron chi connectivity index (χ3n) is 3.22. The average Bonchev–Trinajstić information content (AvgIpc) is 2.64. The quantitative estimate of drug-likeness (QED) is 0.724. The molecule has 94 valence electrons. The summed E-state index contributed by atoms with van der Waals surface area (Å²) in [6.07, 6.45) is 2.51. The van der Waals surface area contributed by atoms with Gasteiger partial charge in [0.05, 0.1) is 0 Å². The number of nitrogens with zero attached hydrogens (tertiary/aromatic N) is 1. The molecule has 0 N–H and O–H groups in total. The minimum atomic E-state index is -0.161. The van der Waals surface area contributed by atoms with Crippen molar-refractivity contribution in [3.63, 3.8) is 0 Å². The Hall–Kier alpha value is 0.0700. The molecule has 17 heavy (non-hydrogen) atoms. The highest BCUT2D eigenvalue weighted by Crippen LogP contribution is 2.23. The summed E-state index contributed by atoms with van der Waals surface area (Å²) >= 11 is 6.83. The van der Waals surface area contributed by atoms with Crippen LogP contribution in [0.25, 0.3) is 0 Å². The Morgan fingerprint density at radius 1 is 1.35 bits per heavy atom. The summed E-state index contributed by atoms with van der Waals surface area (Å²) in [7, 11) is 0. The van der Waals surface area contributed by atoms with Crippen LogP contribution in [0.2, 0.25) is 0 Å². The number of rotatable bonds is 4. The van der Waals surface area contributed by atoms with Gasteiger partial charge in [-0.2, -0.15) is 0 Å². The van der Waals surface area contributed by atoms with E-state index < -0.39 is 0 Å². The van der Waals surface area contributed by atoms with Gasteiger partial charge in [0.25, 0.3) is 0 Å². The van der Waals surface area contributed by atoms with E-state index in [0.29, 0.717) is 0 Å². The zero-order valence-corrected chi connectivity index (χ0v) is 12.8. The van der Waals surface area contributed by atoms with E-state index in [1.54, 1.807) is 6.07 Å². The van der Waals surface area contributed by atoms with Crippen molar-refractivity contribution in [3.05, 3.63) is 34.1 Å². The third-order valence-corrected chi connectivity index (χ3v) is 4.13. The van der Waals surface area contributed by atoms with Crippen molar-refractivity contribution in [1.29, 1.82) is 0 Å². The van der Waals surface area contributed by atoms with Gasteiger partial charge in [-0.25, -0.2) is 4.39 Å². The van der Waals surface area contributed by atoms with Crippen LogP contribution >= 0.6 is 31.9 Å². The van der Waals surface area contributed by atoms with Crippen LogP contribution in [0.5, 0.6) is 0 Å². The maximum atomic E-state index is 13.2. The number of hydrogen-bond donors (Lipinski definition) is 0. The fourth-order valence-corrected chi connectivity index (χ4v) is 3.57. The molecule has 1 heterocycles. The summed E-state index contributed by atoms with van der Waals surface area (Å²) < 4.78 is 14.1. The largest absolute Gasteiger partial charge is 0.299 e. The van der Waals surface area contributed by atoms with Crippen LogP contribution in [0.1, 0.15) is 18.4 Å². The minimum Gasteiger partial charge on any atom is -0.299 e. The zero-order chi connectivity index (χ0) is 12.3. The van der Waals surface area contributed by atoms with Gasteiger partial charge in [0, 0.05) is 22.9 Å². The fourth-order valence-electron chi connectivity index (χ4n) is 2.41. The fraction of sp³-hybridized carbons (Fsp3) is 0.538. The van der Waals surface area contributed by atoms with E-state index in [2.05, 4.69) is 36.8 Å². The van der Waals surface area contributed by atoms with Crippen LogP contribution in [0.4, 0.5) is 4.39 Å². The number of halogens is 3. The molecule has 0 saturated carbocycles. The third kappa shape index (κ3) is 4.04. The highest BCUT2D eigenvalue weighted by atomic mass is 79.9. The first-order valence-electron chi connectivity index (χ1n) is 5.90. The Morgan fingerprint density at radius 3 is 2.88 bits per heavy atom. The highest BCUT2D eigenvalue weighted by Gasteiger charge is 2.21. The molecule has 1 aliphatic rings. The molecule has 1 atom stereocenters. The summed E-state index contributed by atoms with van der Waals surface area (Å²) in [4.78, 5) is 2.41. The summed E-state index contributed by atoms with van der Waals surface area (Å²) in [6, 6.07) is 5.13. The van der Waals surface area contributed by atoms with Gasteiger partial charge in [0.15, 0.2) is 0 Å². The maximum absolute atomic E-state index is 13.2. The predicted molar refractivity (Wildman–Crippen MR) is 75.9 cm³/mol. The van der Waals surface area contributed by atoms with Crippen LogP contribution in [-0.4, -0.2) is 23.3 Å². The molecule has 2 rings (SSSR count). The summed E-state index contributed by atoms with van der Waals surface area (Å²) in [5.41, 5.74) is 1.05. The lowest BCUT2D eigenvalue weighted by molar-refractivity contribution is 0.315. The monoisotopic (exact) mass is 363 g/mol. The van der Waals surface area contributed by atoms with Crippen LogP contribution in [0.3, 0.4) is 0 Å². The molecule has 1 saturated heterocycles. The van der Waals surface area contributed by atoms with Crippen molar-refractivity contribution < 1.29 is 4.39 Å². The van der Waals surface area contributed by atoms with Gasteiger partial charge in [-0.3, -0.25) is 4.90 Å². The van der Waals surface area contributed by atoms with E-state index in [1.807, 2.05) is 6.07 Å². The lowest BCUT2D eigenvalue weighted by atomic mass is 10.1. The summed E-state index contributed by atoms with van der Waals surface area (Å²) in [5.74, 6) is 0.636. The molecule has 1 fully saturated rings. The van der Waals surface area contributed by atoms with Gasteiger partial charge in [-0.15, -0.1) is 0 Å². The molecular formula is C13H16Br2FN. The first kappa shape index (κ1) is 13.5. The second-order valence-corrected chi connectivity index (χ2v) is 6.35. The maximum Gasteiger partial charge on any atom is 0.124 e. The van der Waals surface area contributed by atoms with E-state index in [0.717, 1.165) is 40.9 Å². The lowest BCUT2D eigenvalue weighted by Gasteiger charge is -2.16. The van der Waals surface area contributed by atoms with Crippen LogP contribution in [-0.2, 0) is 6.54 Å². The minimum absolute atomic E-state index is 0.161. The van der Waals surface area contributed by atoms with Crippen molar-refractivity contribution in [3.8, 4) is 0 Å². The van der Waals surface area contributed by atoms with E-state index in [1.165, 1.54) is 18.9 Å². The van der Waals surface area contributed by atoms with Crippen LogP contribution < -0.4 is 0 Å². The molecule has 0 bridgehead atoms. The van der Waals surface area contributed by atoms with Crippen molar-refractivity contribution in [2.75, 3.05) is 18.4 Å². The second kappa shape index (κ2) is 6.30. The number of hydrogen-bond acceptors (Lipinski definition) is 1. The number of benzene rings is 1. The van der Waals surface area contributed by atoms with E-state index in [9.17, 15) is 4.39 Å². The molecule has 0 aromatic heterocycles. The van der Waals surface area contributed by atoms with Crippen molar-refractivity contribution in [1.82, 2.24) is 4.90 Å². The van der Waals surface area contributed by atoms with Gasteiger partial charge < -0.3 is 0 Å². The second-order valence-electron chi connectivity index (χ2n) is 4.65. The van der Waals surface area contributed by atoms with Crippen LogP contribution in [0, 0.1) is 11.7 Å². The topological polar surface area (TPSA) is 3.24 Å². The zero-order valence-electron chi connectivity index (χ0n) is 9.63. The Morgan fingerprint density at radius 2 is 2.18 bits per heavy atom. The standard InChI is InChI=1S/C13H16Br2FN/c14-3-1-10-2-4-17(8-10)9-11-5-12(15)7-13(16)6-11/h5-7,10H,1-4,8-9H2. The molecule has 1 unspecified atom stereocenters. The van der Waals surface area contributed by atoms with Gasteiger partial charge in [0.1, 0.15) is 5.82 Å². The first-order chi connectivity index (χ1) is 8.17. The molecule has 4 heteroatoms. The number of alkyl halides is 1. The molecule has 0 radical (unpaired) electrons. The Kier molecular flexibility index (Phi) is 5.00. The highest BCUT2D eigenvalue weighted by molar-refractivity contribution is 9.10. The SMILES string of the molecule is Fc1cc(Br)cc(CN2CCC(CCBr)C2)c1. The first-order valence-corrected chi connectivity index (χ1v) is 7.82. The normalized spacial score (nSPS) is 21.0. The van der Waals surface area contributed by atoms with E-state index >= 15 is 0 Å². The molecule has 1 aromatic rings. The van der Waals surface area contributed by atoms with Crippen molar-refractivity contribution in [2.45, 2.75) is 19.4 Å². The Balaban J connectivity index is 1.93. The molecule has 0 amide bonds. The average molecular weight is 365 g/mol. The van der Waals surface area contributed by atoms with Gasteiger partial charge >= 0.3 is 0 Å². The van der Waals surface area contributed by atoms with Gasteiger partial charge in [0.2, 0.25) is 0 Å². The van der Waals surface area contributed by atoms with Crippen LogP contribution in [0.15, 0.2) is 22.7 Å². The lowest BCUT2D eigenvalue weighted by Crippen LogP contribution is -2.20. The molecule has 1 aromatic carbocycles. The van der Waals surface area contributed by atoms with E-state index in [4.69, 9.17) is 0 Å². The summed E-state index contributed by atoms with van der Waals surface area (Å²) in [5, 5.41) is 1.08. The number of likely N-dealkylation sites (tertiary alicyclic amines) is 1. The van der Waals surface area contributed by atoms with Gasteiger partial charge in [-0.1, -0.05) is 31.9 Å². The molecule has 0 aliphatic carbocycles.